The van der Waals surface area contributed by atoms with Crippen LogP contribution >= 0.6 is 0 Å². The molecule has 0 saturated heterocycles. The number of rotatable bonds is 3. The van der Waals surface area contributed by atoms with Gasteiger partial charge < -0.3 is 5.32 Å². The molecule has 4 rings (SSSR count). The summed E-state index contributed by atoms with van der Waals surface area (Å²) in [4.78, 5) is 4.28. The zero-order valence-electron chi connectivity index (χ0n) is 11.1. The van der Waals surface area contributed by atoms with Crippen molar-refractivity contribution in [1.82, 2.24) is 24.8 Å². The molecular weight excluding hydrogens is 252 g/mol. The second-order valence-electron chi connectivity index (χ2n) is 5.26. The average Bonchev–Trinajstić information content (AvgIpc) is 3.20. The van der Waals surface area contributed by atoms with Gasteiger partial charge in [-0.05, 0) is 25.0 Å². The maximum absolute atomic E-state index is 4.34. The SMILES string of the molecule is c1cc2c(Nc3cc(C4CCCC4)[nH]n3)ncnn2c1. The van der Waals surface area contributed by atoms with E-state index in [1.54, 1.807) is 10.8 Å². The fourth-order valence-electron chi connectivity index (χ4n) is 2.93. The van der Waals surface area contributed by atoms with E-state index >= 15 is 0 Å². The van der Waals surface area contributed by atoms with E-state index in [9.17, 15) is 0 Å². The highest BCUT2D eigenvalue weighted by molar-refractivity contribution is 5.71. The van der Waals surface area contributed by atoms with Crippen LogP contribution in [0, 0.1) is 0 Å². The highest BCUT2D eigenvalue weighted by atomic mass is 15.3. The lowest BCUT2D eigenvalue weighted by molar-refractivity contribution is 0.693. The molecular formula is C14H16N6. The lowest BCUT2D eigenvalue weighted by Gasteiger charge is -2.04. The predicted octanol–water partition coefficient (Wildman–Crippen LogP) is 2.85. The van der Waals surface area contributed by atoms with Crippen LogP contribution in [0.2, 0.25) is 0 Å². The molecule has 1 saturated carbocycles. The van der Waals surface area contributed by atoms with Crippen LogP contribution in [0.1, 0.15) is 37.3 Å². The van der Waals surface area contributed by atoms with Gasteiger partial charge in [0.2, 0.25) is 0 Å². The Morgan fingerprint density at radius 3 is 3.10 bits per heavy atom. The Balaban J connectivity index is 1.61. The summed E-state index contributed by atoms with van der Waals surface area (Å²) in [6.45, 7) is 0. The number of nitrogens with zero attached hydrogens (tertiary/aromatic N) is 4. The monoisotopic (exact) mass is 268 g/mol. The molecule has 1 aliphatic carbocycles. The van der Waals surface area contributed by atoms with Crippen molar-refractivity contribution in [3.63, 3.8) is 0 Å². The number of hydrogen-bond acceptors (Lipinski definition) is 4. The molecule has 20 heavy (non-hydrogen) atoms. The van der Waals surface area contributed by atoms with Gasteiger partial charge >= 0.3 is 0 Å². The molecule has 1 fully saturated rings. The number of aromatic nitrogens is 5. The van der Waals surface area contributed by atoms with Crippen LogP contribution in [0.15, 0.2) is 30.7 Å². The molecule has 3 heterocycles. The molecule has 2 N–H and O–H groups in total. The first kappa shape index (κ1) is 11.5. The van der Waals surface area contributed by atoms with E-state index in [-0.39, 0.29) is 0 Å². The minimum absolute atomic E-state index is 0.636. The minimum atomic E-state index is 0.636. The highest BCUT2D eigenvalue weighted by Gasteiger charge is 2.19. The third-order valence-electron chi connectivity index (χ3n) is 3.97. The first-order valence-corrected chi connectivity index (χ1v) is 7.01. The minimum Gasteiger partial charge on any atom is -0.322 e. The second-order valence-corrected chi connectivity index (χ2v) is 5.26. The third-order valence-corrected chi connectivity index (χ3v) is 3.97. The van der Waals surface area contributed by atoms with Crippen molar-refractivity contribution in [2.75, 3.05) is 5.32 Å². The number of nitrogens with one attached hydrogen (secondary N) is 2. The largest absolute Gasteiger partial charge is 0.322 e. The Labute approximate surface area is 116 Å². The van der Waals surface area contributed by atoms with Crippen molar-refractivity contribution in [1.29, 1.82) is 0 Å². The number of hydrogen-bond donors (Lipinski definition) is 2. The fraction of sp³-hybridized carbons (Fsp3) is 0.357. The van der Waals surface area contributed by atoms with Crippen LogP contribution in [0.4, 0.5) is 11.6 Å². The van der Waals surface area contributed by atoms with E-state index < -0.39 is 0 Å². The van der Waals surface area contributed by atoms with Gasteiger partial charge in [-0.15, -0.1) is 0 Å². The van der Waals surface area contributed by atoms with Gasteiger partial charge in [-0.2, -0.15) is 10.2 Å². The molecule has 3 aromatic rings. The predicted molar refractivity (Wildman–Crippen MR) is 76.1 cm³/mol. The molecule has 1 aliphatic rings. The molecule has 3 aromatic heterocycles. The van der Waals surface area contributed by atoms with E-state index in [0.717, 1.165) is 17.2 Å². The van der Waals surface area contributed by atoms with Crippen LogP contribution in [0.25, 0.3) is 5.52 Å². The lowest BCUT2D eigenvalue weighted by atomic mass is 10.0. The maximum atomic E-state index is 4.34. The molecule has 0 unspecified atom stereocenters. The van der Waals surface area contributed by atoms with Gasteiger partial charge in [0.25, 0.3) is 0 Å². The summed E-state index contributed by atoms with van der Waals surface area (Å²) in [5.41, 5.74) is 2.17. The van der Waals surface area contributed by atoms with Crippen LogP contribution in [0.3, 0.4) is 0 Å². The van der Waals surface area contributed by atoms with E-state index in [0.29, 0.717) is 5.92 Å². The van der Waals surface area contributed by atoms with Gasteiger partial charge in [-0.1, -0.05) is 12.8 Å². The van der Waals surface area contributed by atoms with Crippen LogP contribution in [-0.4, -0.2) is 24.8 Å². The maximum Gasteiger partial charge on any atom is 0.159 e. The Bertz CT molecular complexity index is 722. The standard InChI is InChI=1S/C14H16N6/c1-2-5-10(4-1)11-8-13(19-18-11)17-14-12-6-3-7-20(12)16-9-15-14/h3,6-10H,1-2,4-5H2,(H2,15,16,17,18,19). The van der Waals surface area contributed by atoms with E-state index in [4.69, 9.17) is 0 Å². The summed E-state index contributed by atoms with van der Waals surface area (Å²) in [6.07, 6.45) is 8.61. The summed E-state index contributed by atoms with van der Waals surface area (Å²) in [7, 11) is 0. The number of fused-ring (bicyclic) bond motifs is 1. The summed E-state index contributed by atoms with van der Waals surface area (Å²) < 4.78 is 1.79. The van der Waals surface area contributed by atoms with Gasteiger partial charge in [-0.3, -0.25) is 5.10 Å². The molecule has 0 radical (unpaired) electrons. The summed E-state index contributed by atoms with van der Waals surface area (Å²) in [5.74, 6) is 2.22. The molecule has 6 nitrogen and oxygen atoms in total. The number of aromatic amines is 1. The molecule has 0 amide bonds. The lowest BCUT2D eigenvalue weighted by Crippen LogP contribution is -1.99. The van der Waals surface area contributed by atoms with Crippen molar-refractivity contribution in [2.24, 2.45) is 0 Å². The normalized spacial score (nSPS) is 16.0. The third kappa shape index (κ3) is 1.93. The van der Waals surface area contributed by atoms with Gasteiger partial charge in [0.05, 0.1) is 0 Å². The van der Waals surface area contributed by atoms with Gasteiger partial charge in [0.1, 0.15) is 11.8 Å². The van der Waals surface area contributed by atoms with Crippen molar-refractivity contribution in [3.05, 3.63) is 36.4 Å². The zero-order chi connectivity index (χ0) is 13.4. The molecule has 102 valence electrons. The Hall–Kier alpha value is -2.37. The molecule has 0 aliphatic heterocycles. The van der Waals surface area contributed by atoms with Crippen LogP contribution < -0.4 is 5.32 Å². The summed E-state index contributed by atoms with van der Waals surface area (Å²) in [5, 5.41) is 14.9. The zero-order valence-corrected chi connectivity index (χ0v) is 11.1. The van der Waals surface area contributed by atoms with Gasteiger partial charge in [0.15, 0.2) is 11.6 Å². The topological polar surface area (TPSA) is 70.9 Å². The Kier molecular flexibility index (Phi) is 2.65. The first-order valence-electron chi connectivity index (χ1n) is 7.01. The van der Waals surface area contributed by atoms with Gasteiger partial charge in [0, 0.05) is 23.9 Å². The van der Waals surface area contributed by atoms with Crippen molar-refractivity contribution >= 4 is 17.2 Å². The van der Waals surface area contributed by atoms with E-state index in [2.05, 4.69) is 31.7 Å². The molecule has 6 heteroatoms. The van der Waals surface area contributed by atoms with Crippen LogP contribution in [0.5, 0.6) is 0 Å². The molecule has 0 atom stereocenters. The van der Waals surface area contributed by atoms with Gasteiger partial charge in [-0.25, -0.2) is 9.50 Å². The quantitative estimate of drug-likeness (QED) is 0.766. The number of anilines is 2. The average molecular weight is 268 g/mol. The van der Waals surface area contributed by atoms with Crippen molar-refractivity contribution < 1.29 is 0 Å². The fourth-order valence-corrected chi connectivity index (χ4v) is 2.93. The highest BCUT2D eigenvalue weighted by Crippen LogP contribution is 2.34. The van der Waals surface area contributed by atoms with Crippen LogP contribution in [-0.2, 0) is 0 Å². The first-order chi connectivity index (χ1) is 9.90. The summed E-state index contributed by atoms with van der Waals surface area (Å²) in [6, 6.07) is 6.02. The second kappa shape index (κ2) is 4.63. The number of H-pyrrole nitrogens is 1. The molecule has 0 spiro atoms. The Morgan fingerprint density at radius 2 is 2.20 bits per heavy atom. The van der Waals surface area contributed by atoms with Crippen molar-refractivity contribution in [2.45, 2.75) is 31.6 Å². The summed E-state index contributed by atoms with van der Waals surface area (Å²) >= 11 is 0. The van der Waals surface area contributed by atoms with E-state index in [1.807, 2.05) is 18.3 Å². The molecule has 0 bridgehead atoms. The smallest absolute Gasteiger partial charge is 0.159 e. The van der Waals surface area contributed by atoms with E-state index in [1.165, 1.54) is 31.4 Å². The Morgan fingerprint density at radius 1 is 1.30 bits per heavy atom. The van der Waals surface area contributed by atoms with Crippen molar-refractivity contribution in [3.8, 4) is 0 Å². The molecule has 0 aromatic carbocycles.